The highest BCUT2D eigenvalue weighted by Crippen LogP contribution is 2.10. The summed E-state index contributed by atoms with van der Waals surface area (Å²) < 4.78 is 0. The van der Waals surface area contributed by atoms with Crippen molar-refractivity contribution in [3.05, 3.63) is 11.8 Å². The van der Waals surface area contributed by atoms with E-state index in [1.807, 2.05) is 6.07 Å². The molecule has 1 aromatic heterocycles. The van der Waals surface area contributed by atoms with Gasteiger partial charge in [0.25, 0.3) is 0 Å². The number of nitrogens with one attached hydrogen (secondary N) is 2. The Kier molecular flexibility index (Phi) is 3.96. The number of nitrogens with zero attached hydrogens (tertiary/aromatic N) is 2. The number of aromatic amines is 1. The molecular formula is C12H18N4O2. The van der Waals surface area contributed by atoms with E-state index in [0.29, 0.717) is 18.8 Å². The summed E-state index contributed by atoms with van der Waals surface area (Å²) in [4.78, 5) is 24.7. The van der Waals surface area contributed by atoms with Crippen molar-refractivity contribution in [2.45, 2.75) is 32.6 Å². The van der Waals surface area contributed by atoms with Gasteiger partial charge in [0.2, 0.25) is 11.8 Å². The van der Waals surface area contributed by atoms with E-state index < -0.39 is 0 Å². The van der Waals surface area contributed by atoms with Crippen molar-refractivity contribution >= 4 is 17.6 Å². The van der Waals surface area contributed by atoms with Gasteiger partial charge in [-0.1, -0.05) is 13.3 Å². The van der Waals surface area contributed by atoms with Crippen molar-refractivity contribution in [1.82, 2.24) is 15.1 Å². The van der Waals surface area contributed by atoms with E-state index in [2.05, 4.69) is 22.4 Å². The Morgan fingerprint density at radius 1 is 1.61 bits per heavy atom. The zero-order chi connectivity index (χ0) is 13.0. The van der Waals surface area contributed by atoms with Crippen molar-refractivity contribution < 1.29 is 9.59 Å². The zero-order valence-corrected chi connectivity index (χ0v) is 10.5. The van der Waals surface area contributed by atoms with Crippen molar-refractivity contribution in [3.63, 3.8) is 0 Å². The molecule has 2 rings (SSSR count). The van der Waals surface area contributed by atoms with Crippen LogP contribution in [0.2, 0.25) is 0 Å². The maximum absolute atomic E-state index is 11.7. The van der Waals surface area contributed by atoms with E-state index in [4.69, 9.17) is 0 Å². The number of carbonyl (C=O) groups excluding carboxylic acids is 2. The molecule has 18 heavy (non-hydrogen) atoms. The van der Waals surface area contributed by atoms with Gasteiger partial charge in [-0.15, -0.1) is 0 Å². The maximum Gasteiger partial charge on any atom is 0.245 e. The number of hydrogen-bond acceptors (Lipinski definition) is 3. The molecule has 0 radical (unpaired) electrons. The first-order valence-corrected chi connectivity index (χ1v) is 6.31. The highest BCUT2D eigenvalue weighted by molar-refractivity contribution is 5.94. The molecule has 6 nitrogen and oxygen atoms in total. The smallest absolute Gasteiger partial charge is 0.245 e. The Morgan fingerprint density at radius 2 is 2.44 bits per heavy atom. The largest absolute Gasteiger partial charge is 0.333 e. The number of likely N-dealkylation sites (tertiary alicyclic amines) is 1. The second-order valence-corrected chi connectivity index (χ2v) is 4.50. The lowest BCUT2D eigenvalue weighted by molar-refractivity contribution is -0.131. The SMILES string of the molecule is CCCc1cc(NC(=O)CN2CCCC2=O)n[nH]1. The Bertz CT molecular complexity index is 441. The molecule has 1 aliphatic heterocycles. The van der Waals surface area contributed by atoms with E-state index >= 15 is 0 Å². The number of H-pyrrole nitrogens is 1. The van der Waals surface area contributed by atoms with Crippen LogP contribution in [0.3, 0.4) is 0 Å². The number of carbonyl (C=O) groups is 2. The summed E-state index contributed by atoms with van der Waals surface area (Å²) in [7, 11) is 0. The summed E-state index contributed by atoms with van der Waals surface area (Å²) in [6.45, 7) is 2.88. The molecule has 0 saturated carbocycles. The van der Waals surface area contributed by atoms with Crippen LogP contribution in [0.5, 0.6) is 0 Å². The van der Waals surface area contributed by atoms with Gasteiger partial charge in [-0.2, -0.15) is 5.10 Å². The molecule has 0 unspecified atom stereocenters. The van der Waals surface area contributed by atoms with Crippen molar-refractivity contribution in [2.24, 2.45) is 0 Å². The zero-order valence-electron chi connectivity index (χ0n) is 10.5. The number of hydrogen-bond donors (Lipinski definition) is 2. The van der Waals surface area contributed by atoms with Crippen LogP contribution in [0.1, 0.15) is 31.9 Å². The third-order valence-electron chi connectivity index (χ3n) is 2.92. The highest BCUT2D eigenvalue weighted by atomic mass is 16.2. The average Bonchev–Trinajstić information content (AvgIpc) is 2.90. The lowest BCUT2D eigenvalue weighted by atomic mass is 10.2. The topological polar surface area (TPSA) is 78.1 Å². The minimum atomic E-state index is -0.195. The summed E-state index contributed by atoms with van der Waals surface area (Å²) in [6.07, 6.45) is 3.33. The molecule has 6 heteroatoms. The van der Waals surface area contributed by atoms with Crippen LogP contribution < -0.4 is 5.32 Å². The van der Waals surface area contributed by atoms with Gasteiger partial charge in [0.05, 0.1) is 6.54 Å². The molecule has 2 amide bonds. The molecule has 2 N–H and O–H groups in total. The lowest BCUT2D eigenvalue weighted by Gasteiger charge is -2.13. The summed E-state index contributed by atoms with van der Waals surface area (Å²) in [6, 6.07) is 1.83. The molecule has 98 valence electrons. The predicted molar refractivity (Wildman–Crippen MR) is 67.0 cm³/mol. The van der Waals surface area contributed by atoms with Gasteiger partial charge in [-0.25, -0.2) is 0 Å². The van der Waals surface area contributed by atoms with Crippen LogP contribution in [-0.2, 0) is 16.0 Å². The van der Waals surface area contributed by atoms with Crippen molar-refractivity contribution in [1.29, 1.82) is 0 Å². The number of amides is 2. The van der Waals surface area contributed by atoms with E-state index in [0.717, 1.165) is 25.0 Å². The Hall–Kier alpha value is -1.85. The summed E-state index contributed by atoms with van der Waals surface area (Å²) in [5.74, 6) is 0.383. The van der Waals surface area contributed by atoms with Crippen LogP contribution in [0.15, 0.2) is 6.07 Å². The first-order valence-electron chi connectivity index (χ1n) is 6.31. The van der Waals surface area contributed by atoms with E-state index in [9.17, 15) is 9.59 Å². The van der Waals surface area contributed by atoms with Crippen molar-refractivity contribution in [3.8, 4) is 0 Å². The van der Waals surface area contributed by atoms with Gasteiger partial charge in [0.1, 0.15) is 0 Å². The summed E-state index contributed by atoms with van der Waals surface area (Å²) >= 11 is 0. The normalized spacial score (nSPS) is 15.2. The Labute approximate surface area is 106 Å². The minimum absolute atomic E-state index is 0.0545. The van der Waals surface area contributed by atoms with Gasteiger partial charge in [0, 0.05) is 24.7 Å². The van der Waals surface area contributed by atoms with Crippen LogP contribution in [0.4, 0.5) is 5.82 Å². The third kappa shape index (κ3) is 3.09. The molecule has 0 atom stereocenters. The average molecular weight is 250 g/mol. The quantitative estimate of drug-likeness (QED) is 0.815. The van der Waals surface area contributed by atoms with Gasteiger partial charge < -0.3 is 10.2 Å². The number of anilines is 1. The van der Waals surface area contributed by atoms with Crippen LogP contribution in [-0.4, -0.2) is 40.0 Å². The van der Waals surface area contributed by atoms with Crippen LogP contribution in [0.25, 0.3) is 0 Å². The molecule has 1 fully saturated rings. The van der Waals surface area contributed by atoms with Crippen LogP contribution in [0, 0.1) is 0 Å². The second kappa shape index (κ2) is 5.66. The monoisotopic (exact) mass is 250 g/mol. The fraction of sp³-hybridized carbons (Fsp3) is 0.583. The molecule has 0 spiro atoms. The Morgan fingerprint density at radius 3 is 3.11 bits per heavy atom. The lowest BCUT2D eigenvalue weighted by Crippen LogP contribution is -2.34. The molecule has 1 aromatic rings. The summed E-state index contributed by atoms with van der Waals surface area (Å²) in [5, 5.41) is 9.57. The first kappa shape index (κ1) is 12.6. The first-order chi connectivity index (χ1) is 8.69. The molecule has 0 bridgehead atoms. The fourth-order valence-electron chi connectivity index (χ4n) is 2.05. The van der Waals surface area contributed by atoms with Gasteiger partial charge in [-0.3, -0.25) is 14.7 Å². The van der Waals surface area contributed by atoms with Crippen LogP contribution >= 0.6 is 0 Å². The molecule has 0 aliphatic carbocycles. The number of rotatable bonds is 5. The number of aromatic nitrogens is 2. The summed E-state index contributed by atoms with van der Waals surface area (Å²) in [5.41, 5.74) is 1.00. The van der Waals surface area contributed by atoms with Gasteiger partial charge >= 0.3 is 0 Å². The minimum Gasteiger partial charge on any atom is -0.333 e. The van der Waals surface area contributed by atoms with Gasteiger partial charge in [-0.05, 0) is 12.8 Å². The Balaban J connectivity index is 1.84. The standard InChI is InChI=1S/C12H18N4O2/c1-2-4-9-7-10(15-14-9)13-11(17)8-16-6-3-5-12(16)18/h7H,2-6,8H2,1H3,(H2,13,14,15,17). The van der Waals surface area contributed by atoms with Crippen molar-refractivity contribution in [2.75, 3.05) is 18.4 Å². The van der Waals surface area contributed by atoms with E-state index in [1.165, 1.54) is 0 Å². The second-order valence-electron chi connectivity index (χ2n) is 4.50. The van der Waals surface area contributed by atoms with Gasteiger partial charge in [0.15, 0.2) is 5.82 Å². The molecule has 0 aromatic carbocycles. The fourth-order valence-corrected chi connectivity index (χ4v) is 2.05. The van der Waals surface area contributed by atoms with E-state index in [-0.39, 0.29) is 18.4 Å². The number of aryl methyl sites for hydroxylation is 1. The highest BCUT2D eigenvalue weighted by Gasteiger charge is 2.22. The van der Waals surface area contributed by atoms with E-state index in [1.54, 1.807) is 4.90 Å². The molecular weight excluding hydrogens is 232 g/mol. The third-order valence-corrected chi connectivity index (χ3v) is 2.92. The predicted octanol–water partition coefficient (Wildman–Crippen LogP) is 0.923. The molecule has 1 saturated heterocycles. The molecule has 1 aliphatic rings. The maximum atomic E-state index is 11.7. The molecule has 2 heterocycles.